The Morgan fingerprint density at radius 1 is 1.29 bits per heavy atom. The molecular formula is C11H18ClN3O2. The zero-order valence-corrected chi connectivity index (χ0v) is 10.5. The van der Waals surface area contributed by atoms with Crippen LogP contribution in [0.25, 0.3) is 0 Å². The summed E-state index contributed by atoms with van der Waals surface area (Å²) in [7, 11) is 0. The van der Waals surface area contributed by atoms with Crippen molar-refractivity contribution < 1.29 is 9.26 Å². The first-order valence-electron chi connectivity index (χ1n) is 5.99. The van der Waals surface area contributed by atoms with Crippen molar-refractivity contribution in [3.8, 4) is 0 Å². The lowest BCUT2D eigenvalue weighted by molar-refractivity contribution is 0.0705. The summed E-state index contributed by atoms with van der Waals surface area (Å²) in [4.78, 5) is 4.44. The largest absolute Gasteiger partial charge is 0.381 e. The maximum atomic E-state index is 6.15. The Kier molecular flexibility index (Phi) is 3.70. The Hall–Kier alpha value is -0.650. The molecule has 17 heavy (non-hydrogen) atoms. The molecule has 0 bridgehead atoms. The average molecular weight is 260 g/mol. The highest BCUT2D eigenvalue weighted by molar-refractivity contribution is 5.85. The first kappa shape index (κ1) is 12.8. The number of hydrogen-bond donors (Lipinski definition) is 1. The van der Waals surface area contributed by atoms with E-state index >= 15 is 0 Å². The van der Waals surface area contributed by atoms with Crippen LogP contribution in [0.1, 0.15) is 49.7 Å². The standard InChI is InChI=1S/C11H17N3O2.ClH/c12-11(4-2-5-11)10-13-9(16-14-10)8-3-1-6-15-7-8;/h8H,1-7,12H2;1H. The van der Waals surface area contributed by atoms with Gasteiger partial charge < -0.3 is 15.0 Å². The van der Waals surface area contributed by atoms with Gasteiger partial charge in [-0.25, -0.2) is 0 Å². The molecule has 1 unspecified atom stereocenters. The van der Waals surface area contributed by atoms with Crippen molar-refractivity contribution in [1.82, 2.24) is 10.1 Å². The fourth-order valence-electron chi connectivity index (χ4n) is 2.32. The minimum Gasteiger partial charge on any atom is -0.381 e. The monoisotopic (exact) mass is 259 g/mol. The predicted octanol–water partition coefficient (Wildman–Crippen LogP) is 1.72. The summed E-state index contributed by atoms with van der Waals surface area (Å²) in [5, 5.41) is 4.02. The Balaban J connectivity index is 0.00000108. The van der Waals surface area contributed by atoms with E-state index in [1.807, 2.05) is 0 Å². The molecule has 1 atom stereocenters. The highest BCUT2D eigenvalue weighted by atomic mass is 35.5. The van der Waals surface area contributed by atoms with Gasteiger partial charge in [-0.05, 0) is 32.1 Å². The molecule has 6 heteroatoms. The minimum absolute atomic E-state index is 0. The van der Waals surface area contributed by atoms with Crippen molar-refractivity contribution in [2.24, 2.45) is 5.73 Å². The number of aromatic nitrogens is 2. The molecule has 2 N–H and O–H groups in total. The summed E-state index contributed by atoms with van der Waals surface area (Å²) in [6, 6.07) is 0. The fraction of sp³-hybridized carbons (Fsp3) is 0.818. The molecule has 0 aromatic carbocycles. The van der Waals surface area contributed by atoms with E-state index in [2.05, 4.69) is 10.1 Å². The zero-order chi connectivity index (χ0) is 11.0. The molecule has 1 aliphatic heterocycles. The molecule has 1 aromatic heterocycles. The van der Waals surface area contributed by atoms with Gasteiger partial charge in [-0.3, -0.25) is 0 Å². The van der Waals surface area contributed by atoms with Crippen molar-refractivity contribution in [1.29, 1.82) is 0 Å². The van der Waals surface area contributed by atoms with Crippen LogP contribution in [0.2, 0.25) is 0 Å². The average Bonchev–Trinajstić information content (AvgIpc) is 2.77. The molecule has 1 saturated heterocycles. The van der Waals surface area contributed by atoms with Crippen LogP contribution in [0.15, 0.2) is 4.52 Å². The summed E-state index contributed by atoms with van der Waals surface area (Å²) in [5.74, 6) is 1.64. The molecule has 2 fully saturated rings. The second-order valence-electron chi connectivity index (χ2n) is 4.88. The lowest BCUT2D eigenvalue weighted by Crippen LogP contribution is -2.44. The van der Waals surface area contributed by atoms with Crippen LogP contribution in [-0.2, 0) is 10.3 Å². The van der Waals surface area contributed by atoms with Crippen LogP contribution < -0.4 is 5.73 Å². The second kappa shape index (κ2) is 4.92. The molecule has 0 amide bonds. The molecule has 0 radical (unpaired) electrons. The number of hydrogen-bond acceptors (Lipinski definition) is 5. The number of nitrogens with zero attached hydrogens (tertiary/aromatic N) is 2. The molecule has 1 saturated carbocycles. The summed E-state index contributed by atoms with van der Waals surface area (Å²) in [6.45, 7) is 1.54. The highest BCUT2D eigenvalue weighted by Crippen LogP contribution is 2.37. The van der Waals surface area contributed by atoms with Crippen LogP contribution in [0.3, 0.4) is 0 Å². The number of ether oxygens (including phenoxy) is 1. The summed E-state index contributed by atoms with van der Waals surface area (Å²) in [5.41, 5.74) is 5.83. The third-order valence-electron chi connectivity index (χ3n) is 3.64. The first-order valence-corrected chi connectivity index (χ1v) is 5.99. The van der Waals surface area contributed by atoms with Gasteiger partial charge in [0.2, 0.25) is 5.89 Å². The van der Waals surface area contributed by atoms with Crippen molar-refractivity contribution in [2.75, 3.05) is 13.2 Å². The Bertz CT molecular complexity index is 373. The summed E-state index contributed by atoms with van der Waals surface area (Å²) in [6.07, 6.45) is 5.22. The van der Waals surface area contributed by atoms with E-state index in [0.29, 0.717) is 18.3 Å². The van der Waals surface area contributed by atoms with E-state index in [9.17, 15) is 0 Å². The smallest absolute Gasteiger partial charge is 0.232 e. The van der Waals surface area contributed by atoms with Crippen LogP contribution in [0.4, 0.5) is 0 Å². The Morgan fingerprint density at radius 3 is 2.71 bits per heavy atom. The van der Waals surface area contributed by atoms with Gasteiger partial charge >= 0.3 is 0 Å². The maximum Gasteiger partial charge on any atom is 0.232 e. The molecule has 2 heterocycles. The van der Waals surface area contributed by atoms with E-state index in [4.69, 9.17) is 15.0 Å². The van der Waals surface area contributed by atoms with Gasteiger partial charge in [0.1, 0.15) is 0 Å². The quantitative estimate of drug-likeness (QED) is 0.875. The van der Waals surface area contributed by atoms with Crippen molar-refractivity contribution in [3.63, 3.8) is 0 Å². The van der Waals surface area contributed by atoms with E-state index < -0.39 is 0 Å². The van der Waals surface area contributed by atoms with Crippen LogP contribution in [-0.4, -0.2) is 23.4 Å². The van der Waals surface area contributed by atoms with E-state index in [1.54, 1.807) is 0 Å². The van der Waals surface area contributed by atoms with Crippen LogP contribution >= 0.6 is 12.4 Å². The molecule has 1 aromatic rings. The lowest BCUT2D eigenvalue weighted by Gasteiger charge is -2.34. The summed E-state index contributed by atoms with van der Waals surface area (Å²) >= 11 is 0. The Morgan fingerprint density at radius 2 is 2.12 bits per heavy atom. The van der Waals surface area contributed by atoms with Gasteiger partial charge in [-0.15, -0.1) is 12.4 Å². The van der Waals surface area contributed by atoms with Crippen LogP contribution in [0.5, 0.6) is 0 Å². The molecule has 5 nitrogen and oxygen atoms in total. The van der Waals surface area contributed by atoms with E-state index in [0.717, 1.165) is 38.7 Å². The van der Waals surface area contributed by atoms with Crippen LogP contribution in [0, 0.1) is 0 Å². The number of nitrogens with two attached hydrogens (primary N) is 1. The van der Waals surface area contributed by atoms with Gasteiger partial charge in [0.15, 0.2) is 5.82 Å². The van der Waals surface area contributed by atoms with E-state index in [1.165, 1.54) is 0 Å². The maximum absolute atomic E-state index is 6.15. The third kappa shape index (κ3) is 2.32. The van der Waals surface area contributed by atoms with E-state index in [-0.39, 0.29) is 23.9 Å². The molecular weight excluding hydrogens is 242 g/mol. The first-order chi connectivity index (χ1) is 7.78. The zero-order valence-electron chi connectivity index (χ0n) is 9.72. The van der Waals surface area contributed by atoms with Gasteiger partial charge in [0, 0.05) is 6.61 Å². The predicted molar refractivity (Wildman–Crippen MR) is 64.1 cm³/mol. The van der Waals surface area contributed by atoms with Crippen molar-refractivity contribution >= 4 is 12.4 Å². The SMILES string of the molecule is Cl.NC1(c2noc(C3CCCOC3)n2)CCC1. The van der Waals surface area contributed by atoms with Crippen molar-refractivity contribution in [2.45, 2.75) is 43.6 Å². The topological polar surface area (TPSA) is 74.2 Å². The molecule has 2 aliphatic rings. The Labute approximate surface area is 106 Å². The fourth-order valence-corrected chi connectivity index (χ4v) is 2.32. The molecule has 0 spiro atoms. The van der Waals surface area contributed by atoms with Gasteiger partial charge in [0.25, 0.3) is 0 Å². The summed E-state index contributed by atoms with van der Waals surface area (Å²) < 4.78 is 10.7. The molecule has 96 valence electrons. The molecule has 1 aliphatic carbocycles. The minimum atomic E-state index is -0.322. The molecule has 3 rings (SSSR count). The van der Waals surface area contributed by atoms with Crippen molar-refractivity contribution in [3.05, 3.63) is 11.7 Å². The highest BCUT2D eigenvalue weighted by Gasteiger charge is 2.39. The second-order valence-corrected chi connectivity index (χ2v) is 4.88. The number of rotatable bonds is 2. The number of halogens is 1. The van der Waals surface area contributed by atoms with Gasteiger partial charge in [-0.1, -0.05) is 5.16 Å². The normalized spacial score (nSPS) is 27.0. The van der Waals surface area contributed by atoms with Gasteiger partial charge in [0.05, 0.1) is 18.1 Å². The lowest BCUT2D eigenvalue weighted by atomic mass is 9.77. The third-order valence-corrected chi connectivity index (χ3v) is 3.64. The van der Waals surface area contributed by atoms with Gasteiger partial charge in [-0.2, -0.15) is 4.98 Å².